The predicted molar refractivity (Wildman–Crippen MR) is 244 cm³/mol. The maximum atomic E-state index is 12.9. The van der Waals surface area contributed by atoms with Crippen molar-refractivity contribution >= 4 is 35.8 Å². The van der Waals surface area contributed by atoms with Gasteiger partial charge < -0.3 is 71.4 Å². The molecule has 0 aromatic heterocycles. The number of benzene rings is 3. The van der Waals surface area contributed by atoms with Crippen molar-refractivity contribution in [2.75, 3.05) is 13.2 Å². The van der Waals surface area contributed by atoms with Gasteiger partial charge in [-0.05, 0) is 23.6 Å². The Morgan fingerprint density at radius 1 is 0.431 bits per heavy atom. The Hall–Kier alpha value is -5.88. The summed E-state index contributed by atoms with van der Waals surface area (Å²) in [5.74, 6) is -4.81. The van der Waals surface area contributed by atoms with Crippen molar-refractivity contribution in [2.45, 2.75) is 160 Å². The third-order valence-corrected chi connectivity index (χ3v) is 11.4. The Balaban J connectivity index is 1.49. The third-order valence-electron chi connectivity index (χ3n) is 11.4. The number of esters is 6. The minimum Gasteiger partial charge on any atom is -0.463 e. The molecule has 3 heterocycles. The molecule has 3 aliphatic heterocycles. The summed E-state index contributed by atoms with van der Waals surface area (Å²) in [7, 11) is 0. The highest BCUT2D eigenvalue weighted by Crippen LogP contribution is 2.38. The van der Waals surface area contributed by atoms with Crippen LogP contribution in [-0.4, -0.2) is 146 Å². The molecule has 0 amide bonds. The third kappa shape index (κ3) is 15.8. The van der Waals surface area contributed by atoms with Gasteiger partial charge in [0, 0.05) is 41.5 Å². The average Bonchev–Trinajstić information content (AvgIpc) is 3.32. The first-order chi connectivity index (χ1) is 34.5. The van der Waals surface area contributed by atoms with Crippen LogP contribution >= 0.6 is 0 Å². The number of rotatable bonds is 21. The Bertz CT molecular complexity index is 2230. The summed E-state index contributed by atoms with van der Waals surface area (Å²) in [4.78, 5) is 75.9. The standard InChI is InChI=1S/C51H62O21/c1-28-40(64-30(3)53)43(66-32(5)55)47(62-25-37-21-15-10-16-22-37)50(63-28)72-44-42(38(26-59-23-35-17-11-8-12-18-35)69-49(58)46(44)61-24-36-19-13-9-14-20-36)71-51-48(68-34(7)57)45(67-33(6)56)41(65-31(4)54)39(70-51)27-60-29(2)52/h8-22,28,38-51,58H,23-27H2,1-7H3/t28-,38-,39-,40+,41+,42-,43+,44+,45+,46-,47-,48-,49-,50-,51+/m1/s1. The molecule has 72 heavy (non-hydrogen) atoms. The number of ether oxygens (including phenoxy) is 14. The lowest BCUT2D eigenvalue weighted by Crippen LogP contribution is -2.68. The van der Waals surface area contributed by atoms with Crippen LogP contribution in [0.2, 0.25) is 0 Å². The molecular formula is C51H62O21. The van der Waals surface area contributed by atoms with Gasteiger partial charge in [0.2, 0.25) is 0 Å². The summed E-state index contributed by atoms with van der Waals surface area (Å²) < 4.78 is 86.1. The average molecular weight is 1010 g/mol. The molecule has 3 saturated heterocycles. The van der Waals surface area contributed by atoms with Crippen molar-refractivity contribution in [3.05, 3.63) is 108 Å². The second kappa shape index (κ2) is 26.7. The number of aliphatic hydroxyl groups excluding tert-OH is 1. The van der Waals surface area contributed by atoms with E-state index in [1.54, 1.807) is 55.5 Å². The van der Waals surface area contributed by atoms with E-state index >= 15 is 0 Å². The van der Waals surface area contributed by atoms with Gasteiger partial charge in [-0.15, -0.1) is 0 Å². The number of aliphatic hydroxyl groups is 1. The second-order valence-electron chi connectivity index (χ2n) is 17.2. The molecule has 3 aliphatic rings. The van der Waals surface area contributed by atoms with Crippen LogP contribution in [0.1, 0.15) is 65.2 Å². The molecule has 3 fully saturated rings. The van der Waals surface area contributed by atoms with Gasteiger partial charge in [0.05, 0.1) is 32.5 Å². The second-order valence-corrected chi connectivity index (χ2v) is 17.2. The summed E-state index contributed by atoms with van der Waals surface area (Å²) >= 11 is 0. The summed E-state index contributed by atoms with van der Waals surface area (Å²) in [6.45, 7) is 7.29. The summed E-state index contributed by atoms with van der Waals surface area (Å²) in [6.07, 6.45) is -22.3. The zero-order valence-corrected chi connectivity index (χ0v) is 41.0. The van der Waals surface area contributed by atoms with Crippen molar-refractivity contribution in [2.24, 2.45) is 0 Å². The van der Waals surface area contributed by atoms with Crippen LogP contribution in [-0.2, 0) is 115 Å². The minimum atomic E-state index is -1.80. The molecule has 21 nitrogen and oxygen atoms in total. The largest absolute Gasteiger partial charge is 0.463 e. The maximum Gasteiger partial charge on any atom is 0.303 e. The number of hydrogen-bond acceptors (Lipinski definition) is 21. The normalized spacial score (nSPS) is 30.2. The fourth-order valence-corrected chi connectivity index (χ4v) is 8.47. The van der Waals surface area contributed by atoms with E-state index < -0.39 is 135 Å². The fraction of sp³-hybridized carbons (Fsp3) is 0.529. The van der Waals surface area contributed by atoms with Crippen LogP contribution < -0.4 is 0 Å². The first kappa shape index (κ1) is 55.4. The van der Waals surface area contributed by atoms with Crippen LogP contribution in [0.4, 0.5) is 0 Å². The molecule has 0 bridgehead atoms. The van der Waals surface area contributed by atoms with Crippen molar-refractivity contribution < 1.29 is 100 Å². The summed E-state index contributed by atoms with van der Waals surface area (Å²) in [5, 5.41) is 12.0. The monoisotopic (exact) mass is 1010 g/mol. The molecule has 0 saturated carbocycles. The van der Waals surface area contributed by atoms with Crippen LogP contribution in [0.15, 0.2) is 91.0 Å². The number of hydrogen-bond donors (Lipinski definition) is 1. The van der Waals surface area contributed by atoms with E-state index in [-0.39, 0.29) is 26.4 Å². The summed E-state index contributed by atoms with van der Waals surface area (Å²) in [6, 6.07) is 27.1. The SMILES string of the molecule is CC(=O)OC[C@H]1O[C@@H](O[C@H]2[C@H](O[C@H]3O[C@H](C)[C@H](OC(C)=O)[C@H](OC(C)=O)[C@H]3OCc3ccccc3)[C@@H](OCc3ccccc3)[C@H](O)O[C@@H]2COCc2ccccc2)[C@H](OC(C)=O)[C@@H](OC(C)=O)[C@H]1OC(C)=O. The first-order valence-corrected chi connectivity index (χ1v) is 23.3. The number of carbonyl (C=O) groups excluding carboxylic acids is 6. The zero-order valence-electron chi connectivity index (χ0n) is 41.0. The van der Waals surface area contributed by atoms with Crippen molar-refractivity contribution in [1.29, 1.82) is 0 Å². The quantitative estimate of drug-likeness (QED) is 0.118. The van der Waals surface area contributed by atoms with Crippen LogP contribution in [0, 0.1) is 0 Å². The van der Waals surface area contributed by atoms with Gasteiger partial charge in [-0.25, -0.2) is 0 Å². The van der Waals surface area contributed by atoms with Gasteiger partial charge >= 0.3 is 35.8 Å². The smallest absolute Gasteiger partial charge is 0.303 e. The van der Waals surface area contributed by atoms with E-state index in [0.717, 1.165) is 33.3 Å². The lowest BCUT2D eigenvalue weighted by Gasteiger charge is -2.50. The predicted octanol–water partition coefficient (Wildman–Crippen LogP) is 3.55. The molecule has 0 aliphatic carbocycles. The Morgan fingerprint density at radius 3 is 1.36 bits per heavy atom. The molecule has 0 spiro atoms. The molecule has 1 N–H and O–H groups in total. The van der Waals surface area contributed by atoms with Crippen molar-refractivity contribution in [3.8, 4) is 0 Å². The molecule has 3 aromatic carbocycles. The maximum absolute atomic E-state index is 12.9. The van der Waals surface area contributed by atoms with E-state index in [2.05, 4.69) is 0 Å². The van der Waals surface area contributed by atoms with Crippen LogP contribution in [0.5, 0.6) is 0 Å². The topological polar surface area (TPSA) is 252 Å². The Labute approximate surface area is 416 Å². The first-order valence-electron chi connectivity index (χ1n) is 23.3. The highest BCUT2D eigenvalue weighted by molar-refractivity contribution is 5.69. The van der Waals surface area contributed by atoms with E-state index in [1.165, 1.54) is 13.8 Å². The molecular weight excluding hydrogens is 949 g/mol. The molecule has 6 rings (SSSR count). The lowest BCUT2D eigenvalue weighted by atomic mass is 9.95. The summed E-state index contributed by atoms with van der Waals surface area (Å²) in [5.41, 5.74) is 2.16. The molecule has 0 unspecified atom stereocenters. The van der Waals surface area contributed by atoms with E-state index in [0.29, 0.717) is 11.1 Å². The van der Waals surface area contributed by atoms with Crippen molar-refractivity contribution in [1.82, 2.24) is 0 Å². The van der Waals surface area contributed by atoms with Crippen LogP contribution in [0.25, 0.3) is 0 Å². The van der Waals surface area contributed by atoms with Gasteiger partial charge in [0.1, 0.15) is 43.2 Å². The number of carbonyl (C=O) groups is 6. The highest BCUT2D eigenvalue weighted by Gasteiger charge is 2.58. The molecule has 3 aromatic rings. The van der Waals surface area contributed by atoms with E-state index in [4.69, 9.17) is 66.3 Å². The van der Waals surface area contributed by atoms with Gasteiger partial charge in [-0.2, -0.15) is 0 Å². The van der Waals surface area contributed by atoms with Crippen LogP contribution in [0.3, 0.4) is 0 Å². The van der Waals surface area contributed by atoms with Gasteiger partial charge in [-0.3, -0.25) is 28.8 Å². The fourth-order valence-electron chi connectivity index (χ4n) is 8.47. The molecule has 0 radical (unpaired) electrons. The van der Waals surface area contributed by atoms with Crippen molar-refractivity contribution in [3.63, 3.8) is 0 Å². The van der Waals surface area contributed by atoms with E-state index in [1.807, 2.05) is 42.5 Å². The Kier molecular flexibility index (Phi) is 20.6. The Morgan fingerprint density at radius 2 is 0.847 bits per heavy atom. The molecule has 392 valence electrons. The van der Waals surface area contributed by atoms with E-state index in [9.17, 15) is 33.9 Å². The lowest BCUT2D eigenvalue weighted by molar-refractivity contribution is -0.389. The zero-order chi connectivity index (χ0) is 51.9. The van der Waals surface area contributed by atoms with Gasteiger partial charge in [0.15, 0.2) is 49.4 Å². The van der Waals surface area contributed by atoms with Gasteiger partial charge in [0.25, 0.3) is 0 Å². The molecule has 21 heteroatoms. The van der Waals surface area contributed by atoms with Gasteiger partial charge in [-0.1, -0.05) is 91.0 Å². The molecule has 15 atom stereocenters. The minimum absolute atomic E-state index is 0.0578. The highest BCUT2D eigenvalue weighted by atomic mass is 16.8.